The fraction of sp³-hybridized carbons (Fsp3) is 0.235. The van der Waals surface area contributed by atoms with Gasteiger partial charge in [-0.05, 0) is 36.1 Å². The third-order valence-corrected chi connectivity index (χ3v) is 3.63. The summed E-state index contributed by atoms with van der Waals surface area (Å²) in [5.41, 5.74) is 7.95. The van der Waals surface area contributed by atoms with Crippen molar-refractivity contribution >= 4 is 23.2 Å². The molecule has 0 aromatic heterocycles. The lowest BCUT2D eigenvalue weighted by molar-refractivity contribution is 0.0952. The number of hydrogen-bond donors (Lipinski definition) is 2. The number of halogens is 1. The van der Waals surface area contributed by atoms with E-state index in [4.69, 9.17) is 17.3 Å². The minimum absolute atomic E-state index is 0.149. The molecule has 21 heavy (non-hydrogen) atoms. The highest BCUT2D eigenvalue weighted by Gasteiger charge is 2.09. The highest BCUT2D eigenvalue weighted by molar-refractivity contribution is 6.31. The molecule has 0 saturated carbocycles. The highest BCUT2D eigenvalue weighted by Crippen LogP contribution is 2.18. The molecule has 0 aliphatic carbocycles. The Bertz CT molecular complexity index is 593. The molecule has 0 saturated heterocycles. The number of anilines is 1. The molecule has 1 amide bonds. The van der Waals surface area contributed by atoms with Gasteiger partial charge in [0, 0.05) is 22.8 Å². The van der Waals surface area contributed by atoms with Gasteiger partial charge in [-0.3, -0.25) is 4.79 Å². The second-order valence-electron chi connectivity index (χ2n) is 5.13. The molecule has 4 heteroatoms. The predicted molar refractivity (Wildman–Crippen MR) is 87.7 cm³/mol. The summed E-state index contributed by atoms with van der Waals surface area (Å²) in [5.74, 6) is 0.250. The Hall–Kier alpha value is -2.00. The molecular weight excluding hydrogens is 284 g/mol. The maximum Gasteiger partial charge on any atom is 0.251 e. The summed E-state index contributed by atoms with van der Waals surface area (Å²) in [6.07, 6.45) is 0.881. The average molecular weight is 303 g/mol. The summed E-state index contributed by atoms with van der Waals surface area (Å²) in [4.78, 5) is 12.0. The van der Waals surface area contributed by atoms with E-state index in [2.05, 4.69) is 24.4 Å². The Morgan fingerprint density at radius 1 is 1.24 bits per heavy atom. The van der Waals surface area contributed by atoms with Crippen LogP contribution in [0.3, 0.4) is 0 Å². The molecule has 1 unspecified atom stereocenters. The Labute approximate surface area is 130 Å². The number of amides is 1. The van der Waals surface area contributed by atoms with Gasteiger partial charge in [-0.1, -0.05) is 48.9 Å². The number of hydrogen-bond acceptors (Lipinski definition) is 2. The second kappa shape index (κ2) is 7.14. The van der Waals surface area contributed by atoms with E-state index in [9.17, 15) is 4.79 Å². The van der Waals surface area contributed by atoms with Crippen LogP contribution in [0.5, 0.6) is 0 Å². The summed E-state index contributed by atoms with van der Waals surface area (Å²) in [5, 5.41) is 3.37. The van der Waals surface area contributed by atoms with Crippen molar-refractivity contribution in [3.05, 3.63) is 64.7 Å². The summed E-state index contributed by atoms with van der Waals surface area (Å²) < 4.78 is 0. The summed E-state index contributed by atoms with van der Waals surface area (Å²) >= 11 is 5.90. The topological polar surface area (TPSA) is 55.1 Å². The first kappa shape index (κ1) is 15.4. The number of nitrogens with two attached hydrogens (primary N) is 1. The molecule has 110 valence electrons. The number of carbonyl (C=O) groups is 1. The largest absolute Gasteiger partial charge is 0.399 e. The van der Waals surface area contributed by atoms with E-state index in [0.717, 1.165) is 6.42 Å². The zero-order chi connectivity index (χ0) is 15.2. The standard InChI is InChI=1S/C17H19ClN2O/c1-12(13-5-3-2-4-6-13)7-8-20-17(21)14-9-15(18)11-16(19)10-14/h2-6,9-12H,7-8,19H2,1H3,(H,20,21). The molecular formula is C17H19ClN2O. The molecule has 0 bridgehead atoms. The number of benzene rings is 2. The van der Waals surface area contributed by atoms with Crippen molar-refractivity contribution in [2.45, 2.75) is 19.3 Å². The molecule has 0 spiro atoms. The molecule has 3 nitrogen and oxygen atoms in total. The van der Waals surface area contributed by atoms with E-state index in [1.165, 1.54) is 5.56 Å². The van der Waals surface area contributed by atoms with Crippen molar-refractivity contribution in [2.75, 3.05) is 12.3 Å². The number of rotatable bonds is 5. The third-order valence-electron chi connectivity index (χ3n) is 3.41. The first-order valence-electron chi connectivity index (χ1n) is 6.95. The SMILES string of the molecule is CC(CCNC(=O)c1cc(N)cc(Cl)c1)c1ccccc1. The Balaban J connectivity index is 1.87. The quantitative estimate of drug-likeness (QED) is 0.824. The lowest BCUT2D eigenvalue weighted by Crippen LogP contribution is -2.25. The van der Waals surface area contributed by atoms with E-state index in [-0.39, 0.29) is 5.91 Å². The van der Waals surface area contributed by atoms with Crippen LogP contribution in [0, 0.1) is 0 Å². The van der Waals surface area contributed by atoms with Gasteiger partial charge >= 0.3 is 0 Å². The molecule has 3 N–H and O–H groups in total. The second-order valence-corrected chi connectivity index (χ2v) is 5.57. The van der Waals surface area contributed by atoms with Crippen LogP contribution in [0.2, 0.25) is 5.02 Å². The van der Waals surface area contributed by atoms with Crippen LogP contribution in [-0.2, 0) is 0 Å². The zero-order valence-electron chi connectivity index (χ0n) is 12.0. The maximum absolute atomic E-state index is 12.0. The summed E-state index contributed by atoms with van der Waals surface area (Å²) in [7, 11) is 0. The molecule has 1 atom stereocenters. The van der Waals surface area contributed by atoms with Gasteiger partial charge in [0.2, 0.25) is 0 Å². The molecule has 0 heterocycles. The van der Waals surface area contributed by atoms with Gasteiger partial charge in [0.1, 0.15) is 0 Å². The van der Waals surface area contributed by atoms with Gasteiger partial charge < -0.3 is 11.1 Å². The van der Waals surface area contributed by atoms with Crippen LogP contribution >= 0.6 is 11.6 Å². The average Bonchev–Trinajstić information content (AvgIpc) is 2.47. The van der Waals surface area contributed by atoms with Gasteiger partial charge in [0.15, 0.2) is 0 Å². The molecule has 2 aromatic carbocycles. The van der Waals surface area contributed by atoms with Crippen LogP contribution in [-0.4, -0.2) is 12.5 Å². The van der Waals surface area contributed by atoms with E-state index in [1.54, 1.807) is 18.2 Å². The van der Waals surface area contributed by atoms with Crippen molar-refractivity contribution in [1.82, 2.24) is 5.32 Å². The fourth-order valence-electron chi connectivity index (χ4n) is 2.20. The van der Waals surface area contributed by atoms with Crippen molar-refractivity contribution in [3.8, 4) is 0 Å². The zero-order valence-corrected chi connectivity index (χ0v) is 12.7. The molecule has 2 aromatic rings. The lowest BCUT2D eigenvalue weighted by atomic mass is 9.98. The van der Waals surface area contributed by atoms with E-state index < -0.39 is 0 Å². The molecule has 0 radical (unpaired) electrons. The van der Waals surface area contributed by atoms with Gasteiger partial charge in [0.25, 0.3) is 5.91 Å². The maximum atomic E-state index is 12.0. The normalized spacial score (nSPS) is 11.9. The van der Waals surface area contributed by atoms with Crippen LogP contribution < -0.4 is 11.1 Å². The first-order chi connectivity index (χ1) is 10.1. The van der Waals surface area contributed by atoms with E-state index in [1.807, 2.05) is 18.2 Å². The lowest BCUT2D eigenvalue weighted by Gasteiger charge is -2.12. The smallest absolute Gasteiger partial charge is 0.251 e. The summed E-state index contributed by atoms with van der Waals surface area (Å²) in [6, 6.07) is 15.1. The Morgan fingerprint density at radius 3 is 2.62 bits per heavy atom. The van der Waals surface area contributed by atoms with Gasteiger partial charge in [-0.2, -0.15) is 0 Å². The van der Waals surface area contributed by atoms with Gasteiger partial charge in [0.05, 0.1) is 0 Å². The predicted octanol–water partition coefficient (Wildman–Crippen LogP) is 3.85. The number of nitrogens with one attached hydrogen (secondary N) is 1. The highest BCUT2D eigenvalue weighted by atomic mass is 35.5. The van der Waals surface area contributed by atoms with Crippen molar-refractivity contribution in [3.63, 3.8) is 0 Å². The molecule has 2 rings (SSSR count). The molecule has 0 aliphatic heterocycles. The third kappa shape index (κ3) is 4.50. The van der Waals surface area contributed by atoms with Crippen LogP contribution in [0.4, 0.5) is 5.69 Å². The van der Waals surface area contributed by atoms with Gasteiger partial charge in [-0.15, -0.1) is 0 Å². The van der Waals surface area contributed by atoms with Crippen molar-refractivity contribution < 1.29 is 4.79 Å². The Kier molecular flexibility index (Phi) is 5.23. The fourth-order valence-corrected chi connectivity index (χ4v) is 2.44. The number of carbonyl (C=O) groups excluding carboxylic acids is 1. The minimum Gasteiger partial charge on any atom is -0.399 e. The van der Waals surface area contributed by atoms with E-state index >= 15 is 0 Å². The van der Waals surface area contributed by atoms with Crippen LogP contribution in [0.25, 0.3) is 0 Å². The van der Waals surface area contributed by atoms with Gasteiger partial charge in [-0.25, -0.2) is 0 Å². The van der Waals surface area contributed by atoms with Crippen molar-refractivity contribution in [2.24, 2.45) is 0 Å². The summed E-state index contributed by atoms with van der Waals surface area (Å²) in [6.45, 7) is 2.76. The molecule has 0 aliphatic rings. The van der Waals surface area contributed by atoms with E-state index in [0.29, 0.717) is 28.7 Å². The number of nitrogen functional groups attached to an aromatic ring is 1. The van der Waals surface area contributed by atoms with Crippen LogP contribution in [0.15, 0.2) is 48.5 Å². The minimum atomic E-state index is -0.149. The van der Waals surface area contributed by atoms with Crippen LogP contribution in [0.1, 0.15) is 35.2 Å². The monoisotopic (exact) mass is 302 g/mol. The van der Waals surface area contributed by atoms with Crippen molar-refractivity contribution in [1.29, 1.82) is 0 Å². The first-order valence-corrected chi connectivity index (χ1v) is 7.33. The Morgan fingerprint density at radius 2 is 1.95 bits per heavy atom. The molecule has 0 fully saturated rings.